The minimum Gasteiger partial charge on any atom is -0.335 e. The summed E-state index contributed by atoms with van der Waals surface area (Å²) in [4.78, 5) is 27.9. The van der Waals surface area contributed by atoms with Crippen molar-refractivity contribution >= 4 is 11.8 Å². The van der Waals surface area contributed by atoms with Crippen molar-refractivity contribution in [1.82, 2.24) is 9.80 Å². The van der Waals surface area contributed by atoms with Crippen molar-refractivity contribution < 1.29 is 31.5 Å². The summed E-state index contributed by atoms with van der Waals surface area (Å²) in [6, 6.07) is 5.82. The van der Waals surface area contributed by atoms with E-state index >= 15 is 0 Å². The zero-order valence-electron chi connectivity index (χ0n) is 15.4. The fourth-order valence-corrected chi connectivity index (χ4v) is 3.17. The molecule has 0 radical (unpaired) electrons. The van der Waals surface area contributed by atoms with Gasteiger partial charge in [0.05, 0.1) is 5.56 Å². The molecule has 2 aromatic rings. The Morgan fingerprint density at radius 1 is 0.828 bits per heavy atom. The van der Waals surface area contributed by atoms with Gasteiger partial charge in [-0.05, 0) is 48.9 Å². The average Bonchev–Trinajstić information content (AvgIpc) is 2.68. The number of benzene rings is 2. The Kier molecular flexibility index (Phi) is 5.59. The van der Waals surface area contributed by atoms with E-state index in [9.17, 15) is 31.5 Å². The molecule has 2 amide bonds. The minimum absolute atomic E-state index is 0.00209. The van der Waals surface area contributed by atoms with Crippen molar-refractivity contribution in [3.8, 4) is 0 Å². The van der Waals surface area contributed by atoms with Crippen LogP contribution in [0.2, 0.25) is 0 Å². The first-order valence-electron chi connectivity index (χ1n) is 8.79. The Bertz CT molecular complexity index is 950. The van der Waals surface area contributed by atoms with Crippen LogP contribution in [0.4, 0.5) is 22.0 Å². The summed E-state index contributed by atoms with van der Waals surface area (Å²) in [5.41, 5.74) is -0.445. The SMILES string of the molecule is Cc1cc(C(F)(F)F)ccc1C(=O)N1CCN(C(=O)c2ccc(F)c(F)c2)CC1. The molecule has 0 bridgehead atoms. The molecule has 0 saturated carbocycles. The lowest BCUT2D eigenvalue weighted by Crippen LogP contribution is -2.50. The van der Waals surface area contributed by atoms with Crippen molar-refractivity contribution in [2.24, 2.45) is 0 Å². The van der Waals surface area contributed by atoms with E-state index in [1.54, 1.807) is 0 Å². The first kappa shape index (κ1) is 20.8. The first-order valence-corrected chi connectivity index (χ1v) is 8.79. The second-order valence-corrected chi connectivity index (χ2v) is 6.74. The van der Waals surface area contributed by atoms with Gasteiger partial charge in [-0.25, -0.2) is 8.78 Å². The van der Waals surface area contributed by atoms with Crippen molar-refractivity contribution in [2.45, 2.75) is 13.1 Å². The van der Waals surface area contributed by atoms with Gasteiger partial charge in [-0.2, -0.15) is 13.2 Å². The van der Waals surface area contributed by atoms with Gasteiger partial charge in [-0.15, -0.1) is 0 Å². The normalized spacial score (nSPS) is 14.8. The molecule has 0 unspecified atom stereocenters. The molecule has 0 N–H and O–H groups in total. The van der Waals surface area contributed by atoms with Crippen molar-refractivity contribution in [3.63, 3.8) is 0 Å². The van der Waals surface area contributed by atoms with Crippen molar-refractivity contribution in [3.05, 3.63) is 70.3 Å². The lowest BCUT2D eigenvalue weighted by Gasteiger charge is -2.35. The van der Waals surface area contributed by atoms with Gasteiger partial charge in [-0.1, -0.05) is 0 Å². The Balaban J connectivity index is 1.66. The molecule has 154 valence electrons. The fraction of sp³-hybridized carbons (Fsp3) is 0.300. The highest BCUT2D eigenvalue weighted by Crippen LogP contribution is 2.30. The molecule has 1 fully saturated rings. The molecule has 2 aromatic carbocycles. The molecule has 1 aliphatic heterocycles. The van der Waals surface area contributed by atoms with Gasteiger partial charge in [0.25, 0.3) is 11.8 Å². The quantitative estimate of drug-likeness (QED) is 0.703. The van der Waals surface area contributed by atoms with E-state index in [4.69, 9.17) is 0 Å². The molecule has 29 heavy (non-hydrogen) atoms. The summed E-state index contributed by atoms with van der Waals surface area (Å²) in [7, 11) is 0. The number of aryl methyl sites for hydroxylation is 1. The topological polar surface area (TPSA) is 40.6 Å². The molecule has 0 atom stereocenters. The first-order chi connectivity index (χ1) is 13.6. The molecule has 0 aromatic heterocycles. The van der Waals surface area contributed by atoms with E-state index in [2.05, 4.69) is 0 Å². The predicted octanol–water partition coefficient (Wildman–Crippen LogP) is 3.89. The maximum absolute atomic E-state index is 13.3. The van der Waals surface area contributed by atoms with Crippen LogP contribution in [0.1, 0.15) is 31.8 Å². The van der Waals surface area contributed by atoms with Crippen LogP contribution in [-0.4, -0.2) is 47.8 Å². The minimum atomic E-state index is -4.49. The molecule has 1 aliphatic rings. The van der Waals surface area contributed by atoms with Crippen LogP contribution in [-0.2, 0) is 6.18 Å². The molecular formula is C20H17F5N2O2. The number of alkyl halides is 3. The fourth-order valence-electron chi connectivity index (χ4n) is 3.17. The van der Waals surface area contributed by atoms with E-state index in [0.717, 1.165) is 30.3 Å². The van der Waals surface area contributed by atoms with Gasteiger partial charge >= 0.3 is 6.18 Å². The maximum Gasteiger partial charge on any atom is 0.416 e. The van der Waals surface area contributed by atoms with Gasteiger partial charge in [0.2, 0.25) is 0 Å². The summed E-state index contributed by atoms with van der Waals surface area (Å²) in [5, 5.41) is 0. The van der Waals surface area contributed by atoms with Crippen LogP contribution in [0.5, 0.6) is 0 Å². The van der Waals surface area contributed by atoms with Crippen molar-refractivity contribution in [1.29, 1.82) is 0 Å². The van der Waals surface area contributed by atoms with E-state index in [1.165, 1.54) is 22.8 Å². The number of carbonyl (C=O) groups is 2. The smallest absolute Gasteiger partial charge is 0.335 e. The van der Waals surface area contributed by atoms with Gasteiger partial charge in [-0.3, -0.25) is 9.59 Å². The largest absolute Gasteiger partial charge is 0.416 e. The number of halogens is 5. The standard InChI is InChI=1S/C20H17F5N2O2/c1-12-10-14(20(23,24)25)3-4-15(12)19(29)27-8-6-26(7-9-27)18(28)13-2-5-16(21)17(22)11-13/h2-5,10-11H,6-9H2,1H3. The van der Waals surface area contributed by atoms with Crippen LogP contribution < -0.4 is 0 Å². The molecule has 1 heterocycles. The lowest BCUT2D eigenvalue weighted by molar-refractivity contribution is -0.137. The lowest BCUT2D eigenvalue weighted by atomic mass is 10.0. The number of rotatable bonds is 2. The summed E-state index contributed by atoms with van der Waals surface area (Å²) in [5.74, 6) is -3.08. The molecule has 4 nitrogen and oxygen atoms in total. The molecule has 3 rings (SSSR count). The average molecular weight is 412 g/mol. The van der Waals surface area contributed by atoms with E-state index < -0.39 is 35.2 Å². The Morgan fingerprint density at radius 3 is 1.93 bits per heavy atom. The summed E-state index contributed by atoms with van der Waals surface area (Å²) in [6.07, 6.45) is -4.49. The predicted molar refractivity (Wildman–Crippen MR) is 94.3 cm³/mol. The monoisotopic (exact) mass is 412 g/mol. The van der Waals surface area contributed by atoms with Crippen LogP contribution in [0.3, 0.4) is 0 Å². The zero-order valence-corrected chi connectivity index (χ0v) is 15.4. The summed E-state index contributed by atoms with van der Waals surface area (Å²) < 4.78 is 64.7. The molecule has 0 spiro atoms. The number of hydrogen-bond acceptors (Lipinski definition) is 2. The third-order valence-corrected chi connectivity index (χ3v) is 4.80. The molecule has 1 saturated heterocycles. The number of hydrogen-bond donors (Lipinski definition) is 0. The van der Waals surface area contributed by atoms with E-state index in [0.29, 0.717) is 0 Å². The van der Waals surface area contributed by atoms with Gasteiger partial charge in [0.15, 0.2) is 11.6 Å². The van der Waals surface area contributed by atoms with Crippen molar-refractivity contribution in [2.75, 3.05) is 26.2 Å². The van der Waals surface area contributed by atoms with Gasteiger partial charge < -0.3 is 9.80 Å². The number of amides is 2. The van der Waals surface area contributed by atoms with Gasteiger partial charge in [0, 0.05) is 37.3 Å². The molecule has 0 aliphatic carbocycles. The Morgan fingerprint density at radius 2 is 1.41 bits per heavy atom. The highest BCUT2D eigenvalue weighted by Gasteiger charge is 2.32. The Hall–Kier alpha value is -2.97. The summed E-state index contributed by atoms with van der Waals surface area (Å²) in [6.45, 7) is 2.13. The molecule has 9 heteroatoms. The van der Waals surface area contributed by atoms with Crippen LogP contribution >= 0.6 is 0 Å². The second kappa shape index (κ2) is 7.81. The van der Waals surface area contributed by atoms with Crippen LogP contribution in [0, 0.1) is 18.6 Å². The van der Waals surface area contributed by atoms with E-state index in [1.807, 2.05) is 0 Å². The number of piperazine rings is 1. The highest BCUT2D eigenvalue weighted by molar-refractivity contribution is 5.97. The third-order valence-electron chi connectivity index (χ3n) is 4.80. The Labute approximate surface area is 163 Å². The highest BCUT2D eigenvalue weighted by atomic mass is 19.4. The second-order valence-electron chi connectivity index (χ2n) is 6.74. The number of carbonyl (C=O) groups excluding carboxylic acids is 2. The third kappa shape index (κ3) is 4.38. The zero-order chi connectivity index (χ0) is 21.3. The van der Waals surface area contributed by atoms with Crippen LogP contribution in [0.15, 0.2) is 36.4 Å². The number of nitrogens with zero attached hydrogens (tertiary/aromatic N) is 2. The summed E-state index contributed by atoms with van der Waals surface area (Å²) >= 11 is 0. The maximum atomic E-state index is 13.3. The van der Waals surface area contributed by atoms with Gasteiger partial charge in [0.1, 0.15) is 0 Å². The van der Waals surface area contributed by atoms with Crippen LogP contribution in [0.25, 0.3) is 0 Å². The van der Waals surface area contributed by atoms with E-state index in [-0.39, 0.29) is 42.9 Å². The molecular weight excluding hydrogens is 395 g/mol.